The van der Waals surface area contributed by atoms with Gasteiger partial charge in [0.15, 0.2) is 5.84 Å². The number of benzene rings is 1. The van der Waals surface area contributed by atoms with E-state index in [0.29, 0.717) is 6.54 Å². The molecule has 0 aliphatic carbocycles. The third-order valence-electron chi connectivity index (χ3n) is 6.15. The molecule has 0 amide bonds. The van der Waals surface area contributed by atoms with Crippen molar-refractivity contribution in [3.63, 3.8) is 0 Å². The summed E-state index contributed by atoms with van der Waals surface area (Å²) in [6.45, 7) is 2.12. The van der Waals surface area contributed by atoms with Gasteiger partial charge in [0.05, 0.1) is 5.52 Å². The minimum atomic E-state index is -0.801. The molecule has 4 heterocycles. The Balaban J connectivity index is 1.53. The number of pyridine rings is 1. The SMILES string of the molecule is F[C@@H]1CNCC[C@@H]1Cc1cccc2ccc(C3=NCCC/C=C4\C=CC=CN34)nc12. The summed E-state index contributed by atoms with van der Waals surface area (Å²) >= 11 is 0. The van der Waals surface area contributed by atoms with Crippen molar-refractivity contribution in [2.75, 3.05) is 19.6 Å². The summed E-state index contributed by atoms with van der Waals surface area (Å²) in [7, 11) is 0. The Hall–Kier alpha value is -2.79. The molecule has 1 saturated heterocycles. The van der Waals surface area contributed by atoms with Gasteiger partial charge < -0.3 is 10.2 Å². The molecule has 0 bridgehead atoms. The summed E-state index contributed by atoms with van der Waals surface area (Å²) in [4.78, 5) is 12.1. The van der Waals surface area contributed by atoms with Crippen LogP contribution in [-0.2, 0) is 6.42 Å². The lowest BCUT2D eigenvalue weighted by Crippen LogP contribution is -2.38. The second-order valence-electron chi connectivity index (χ2n) is 8.21. The predicted molar refractivity (Wildman–Crippen MR) is 120 cm³/mol. The van der Waals surface area contributed by atoms with E-state index >= 15 is 0 Å². The van der Waals surface area contributed by atoms with E-state index in [1.165, 1.54) is 0 Å². The van der Waals surface area contributed by atoms with Crippen molar-refractivity contribution in [2.45, 2.75) is 31.9 Å². The standard InChI is InChI=1S/C25H27FN4/c26-22-17-27-14-12-19(22)16-20-7-5-6-18-10-11-23(29-24(18)20)25-28-13-3-1-8-21-9-2-4-15-30(21)25/h2,4-11,15,19,22,27H,1,3,12-14,16-17H2/b21-8+,28-25?/t19-,22-/m1/s1. The molecule has 2 atom stereocenters. The summed E-state index contributed by atoms with van der Waals surface area (Å²) in [6, 6.07) is 10.4. The number of nitrogens with one attached hydrogen (secondary N) is 1. The highest BCUT2D eigenvalue weighted by Gasteiger charge is 2.26. The highest BCUT2D eigenvalue weighted by Crippen LogP contribution is 2.27. The molecule has 0 unspecified atom stereocenters. The van der Waals surface area contributed by atoms with Crippen LogP contribution in [0.2, 0.25) is 0 Å². The average molecular weight is 403 g/mol. The first kappa shape index (κ1) is 19.2. The molecule has 2 aromatic rings. The lowest BCUT2D eigenvalue weighted by molar-refractivity contribution is 0.180. The van der Waals surface area contributed by atoms with Gasteiger partial charge in [0.1, 0.15) is 11.9 Å². The van der Waals surface area contributed by atoms with Gasteiger partial charge >= 0.3 is 0 Å². The molecule has 154 valence electrons. The van der Waals surface area contributed by atoms with Crippen molar-refractivity contribution in [1.29, 1.82) is 0 Å². The molecule has 1 aromatic carbocycles. The zero-order valence-corrected chi connectivity index (χ0v) is 17.1. The molecule has 30 heavy (non-hydrogen) atoms. The molecule has 4 nitrogen and oxygen atoms in total. The van der Waals surface area contributed by atoms with E-state index in [4.69, 9.17) is 9.98 Å². The molecular weight excluding hydrogens is 375 g/mol. The number of aromatic nitrogens is 1. The monoisotopic (exact) mass is 402 g/mol. The van der Waals surface area contributed by atoms with E-state index in [0.717, 1.165) is 72.5 Å². The summed E-state index contributed by atoms with van der Waals surface area (Å²) in [6.07, 6.45) is 13.4. The van der Waals surface area contributed by atoms with Gasteiger partial charge in [0, 0.05) is 30.4 Å². The van der Waals surface area contributed by atoms with Crippen LogP contribution in [0.25, 0.3) is 10.9 Å². The molecule has 0 radical (unpaired) electrons. The Bertz CT molecular complexity index is 1050. The van der Waals surface area contributed by atoms with Gasteiger partial charge in [-0.05, 0) is 61.9 Å². The fourth-order valence-electron chi connectivity index (χ4n) is 4.51. The Morgan fingerprint density at radius 2 is 2.13 bits per heavy atom. The second-order valence-corrected chi connectivity index (χ2v) is 8.21. The van der Waals surface area contributed by atoms with E-state index in [1.54, 1.807) is 0 Å². The molecule has 3 aliphatic heterocycles. The molecule has 1 aromatic heterocycles. The normalized spacial score (nSPS) is 25.8. The van der Waals surface area contributed by atoms with E-state index in [1.807, 2.05) is 6.08 Å². The minimum absolute atomic E-state index is 0.0470. The summed E-state index contributed by atoms with van der Waals surface area (Å²) in [5.74, 6) is 0.925. The molecule has 3 aliphatic rings. The number of aliphatic imine (C=N–C) groups is 1. The van der Waals surface area contributed by atoms with Crippen LogP contribution < -0.4 is 5.32 Å². The van der Waals surface area contributed by atoms with E-state index < -0.39 is 6.17 Å². The average Bonchev–Trinajstić information content (AvgIpc) is 2.76. The van der Waals surface area contributed by atoms with Gasteiger partial charge in [-0.15, -0.1) is 0 Å². The van der Waals surface area contributed by atoms with Crippen LogP contribution >= 0.6 is 0 Å². The highest BCUT2D eigenvalue weighted by molar-refractivity contribution is 6.01. The molecule has 5 rings (SSSR count). The molecule has 0 spiro atoms. The van der Waals surface area contributed by atoms with E-state index in [9.17, 15) is 4.39 Å². The van der Waals surface area contributed by atoms with Crippen LogP contribution in [-0.4, -0.2) is 41.5 Å². The van der Waals surface area contributed by atoms with Gasteiger partial charge in [-0.25, -0.2) is 9.37 Å². The number of hydrogen-bond donors (Lipinski definition) is 1. The third-order valence-corrected chi connectivity index (χ3v) is 6.15. The van der Waals surface area contributed by atoms with Crippen LogP contribution in [0.1, 0.15) is 30.5 Å². The number of amidine groups is 1. The number of para-hydroxylation sites is 1. The fraction of sp³-hybridized carbons (Fsp3) is 0.360. The lowest BCUT2D eigenvalue weighted by Gasteiger charge is -2.27. The van der Waals surface area contributed by atoms with E-state index in [-0.39, 0.29) is 5.92 Å². The van der Waals surface area contributed by atoms with Crippen molar-refractivity contribution < 1.29 is 4.39 Å². The number of fused-ring (bicyclic) bond motifs is 2. The number of halogens is 1. The quantitative estimate of drug-likeness (QED) is 0.820. The van der Waals surface area contributed by atoms with Crippen LogP contribution in [0, 0.1) is 5.92 Å². The van der Waals surface area contributed by atoms with Crippen LogP contribution in [0.3, 0.4) is 0 Å². The van der Waals surface area contributed by atoms with E-state index in [2.05, 4.69) is 65.0 Å². The number of allylic oxidation sites excluding steroid dienone is 4. The predicted octanol–water partition coefficient (Wildman–Crippen LogP) is 4.53. The largest absolute Gasteiger partial charge is 0.314 e. The number of hydrogen-bond acceptors (Lipinski definition) is 4. The van der Waals surface area contributed by atoms with Crippen LogP contribution in [0.15, 0.2) is 71.5 Å². The Morgan fingerprint density at radius 3 is 3.07 bits per heavy atom. The zero-order chi connectivity index (χ0) is 20.3. The first-order valence-corrected chi connectivity index (χ1v) is 10.9. The topological polar surface area (TPSA) is 40.5 Å². The number of nitrogens with zero attached hydrogens (tertiary/aromatic N) is 3. The Kier molecular flexibility index (Phi) is 5.45. The molecule has 5 heteroatoms. The maximum absolute atomic E-state index is 14.4. The van der Waals surface area contributed by atoms with Gasteiger partial charge in [-0.1, -0.05) is 36.4 Å². The summed E-state index contributed by atoms with van der Waals surface area (Å²) in [5, 5.41) is 4.24. The smallest absolute Gasteiger partial charge is 0.158 e. The fourth-order valence-corrected chi connectivity index (χ4v) is 4.51. The van der Waals surface area contributed by atoms with Gasteiger partial charge in [-0.3, -0.25) is 4.99 Å². The molecular formula is C25H27FN4. The first-order valence-electron chi connectivity index (χ1n) is 10.9. The molecule has 1 fully saturated rings. The minimum Gasteiger partial charge on any atom is -0.314 e. The van der Waals surface area contributed by atoms with Crippen molar-refractivity contribution in [3.05, 3.63) is 77.8 Å². The number of piperidine rings is 1. The van der Waals surface area contributed by atoms with Crippen molar-refractivity contribution in [1.82, 2.24) is 15.2 Å². The Morgan fingerprint density at radius 1 is 1.17 bits per heavy atom. The number of rotatable bonds is 3. The summed E-state index contributed by atoms with van der Waals surface area (Å²) in [5.41, 5.74) is 4.10. The lowest BCUT2D eigenvalue weighted by atomic mass is 9.88. The summed E-state index contributed by atoms with van der Waals surface area (Å²) < 4.78 is 14.4. The van der Waals surface area contributed by atoms with Gasteiger partial charge in [0.25, 0.3) is 0 Å². The highest BCUT2D eigenvalue weighted by atomic mass is 19.1. The van der Waals surface area contributed by atoms with Crippen LogP contribution in [0.4, 0.5) is 4.39 Å². The zero-order valence-electron chi connectivity index (χ0n) is 17.1. The van der Waals surface area contributed by atoms with Crippen molar-refractivity contribution in [2.24, 2.45) is 10.9 Å². The third kappa shape index (κ3) is 3.82. The van der Waals surface area contributed by atoms with Crippen molar-refractivity contribution in [3.8, 4) is 0 Å². The molecule has 1 N–H and O–H groups in total. The van der Waals surface area contributed by atoms with Crippen molar-refractivity contribution >= 4 is 16.7 Å². The maximum atomic E-state index is 14.4. The second kappa shape index (κ2) is 8.52. The number of alkyl halides is 1. The Labute approximate surface area is 176 Å². The van der Waals surface area contributed by atoms with Crippen LogP contribution in [0.5, 0.6) is 0 Å². The first-order chi connectivity index (χ1) is 14.8. The molecule has 0 saturated carbocycles. The van der Waals surface area contributed by atoms with Gasteiger partial charge in [0.2, 0.25) is 0 Å². The maximum Gasteiger partial charge on any atom is 0.158 e. The van der Waals surface area contributed by atoms with Gasteiger partial charge in [-0.2, -0.15) is 0 Å².